The third kappa shape index (κ3) is 2.19. The zero-order chi connectivity index (χ0) is 10.7. The summed E-state index contributed by atoms with van der Waals surface area (Å²) >= 11 is 0. The molecule has 0 heterocycles. The van der Waals surface area contributed by atoms with Crippen LogP contribution in [0.4, 0.5) is 0 Å². The predicted octanol–water partition coefficient (Wildman–Crippen LogP) is 0.725. The van der Waals surface area contributed by atoms with Crippen LogP contribution in [0, 0.1) is 11.8 Å². The van der Waals surface area contributed by atoms with Gasteiger partial charge in [0.15, 0.2) is 0 Å². The smallest absolute Gasteiger partial charge is 0.309 e. The van der Waals surface area contributed by atoms with Gasteiger partial charge in [-0.2, -0.15) is 0 Å². The molecule has 1 aliphatic carbocycles. The summed E-state index contributed by atoms with van der Waals surface area (Å²) in [5, 5.41) is 0. The molecule has 0 saturated heterocycles. The van der Waals surface area contributed by atoms with Crippen LogP contribution in [0.1, 0.15) is 26.7 Å². The number of hydrogen-bond donors (Lipinski definition) is 2. The van der Waals surface area contributed by atoms with Gasteiger partial charge in [0.2, 0.25) is 0 Å². The number of carbonyl (C=O) groups is 1. The Bertz CT molecular complexity index is 261. The van der Waals surface area contributed by atoms with Crippen LogP contribution in [-0.4, -0.2) is 12.6 Å². The minimum atomic E-state index is -0.158. The molecule has 4 N–H and O–H groups in total. The molecule has 0 spiro atoms. The fraction of sp³-hybridized carbons (Fsp3) is 0.700. The Kier molecular flexibility index (Phi) is 3.38. The van der Waals surface area contributed by atoms with Crippen LogP contribution >= 0.6 is 0 Å². The second-order valence-electron chi connectivity index (χ2n) is 3.77. The summed E-state index contributed by atoms with van der Waals surface area (Å²) < 4.78 is 4.96. The molecule has 4 heteroatoms. The highest BCUT2D eigenvalue weighted by Crippen LogP contribution is 2.29. The third-order valence-corrected chi connectivity index (χ3v) is 2.63. The summed E-state index contributed by atoms with van der Waals surface area (Å²) in [6, 6.07) is 0. The number of esters is 1. The van der Waals surface area contributed by atoms with E-state index in [4.69, 9.17) is 16.2 Å². The summed E-state index contributed by atoms with van der Waals surface area (Å²) in [6.07, 6.45) is 1.28. The van der Waals surface area contributed by atoms with E-state index in [-0.39, 0.29) is 17.8 Å². The van der Waals surface area contributed by atoms with Crippen molar-refractivity contribution in [3.63, 3.8) is 0 Å². The molecule has 80 valence electrons. The molecule has 4 nitrogen and oxygen atoms in total. The highest BCUT2D eigenvalue weighted by atomic mass is 16.5. The molecule has 0 bridgehead atoms. The Morgan fingerprint density at radius 1 is 1.57 bits per heavy atom. The van der Waals surface area contributed by atoms with Gasteiger partial charge >= 0.3 is 5.97 Å². The number of nitrogens with two attached hydrogens (primary N) is 2. The molecule has 0 radical (unpaired) electrons. The molecule has 1 aliphatic rings. The van der Waals surface area contributed by atoms with Crippen molar-refractivity contribution >= 4 is 5.97 Å². The fourth-order valence-electron chi connectivity index (χ4n) is 1.78. The molecule has 14 heavy (non-hydrogen) atoms. The standard InChI is InChI=1S/C10H18N2O2/c1-3-14-10(13)7-4-6(2)9(12)8(11)5-7/h6-7H,3-5,11-12H2,1-2H3. The SMILES string of the molecule is CCOC(=O)C1CC(N)=C(N)C(C)C1. The maximum Gasteiger partial charge on any atom is 0.309 e. The zero-order valence-corrected chi connectivity index (χ0v) is 8.75. The van der Waals surface area contributed by atoms with Gasteiger partial charge in [-0.3, -0.25) is 4.79 Å². The lowest BCUT2D eigenvalue weighted by atomic mass is 9.84. The lowest BCUT2D eigenvalue weighted by molar-refractivity contribution is -0.148. The first kappa shape index (κ1) is 10.9. The molecule has 0 aromatic carbocycles. The average Bonchev–Trinajstić information content (AvgIpc) is 2.13. The zero-order valence-electron chi connectivity index (χ0n) is 8.75. The van der Waals surface area contributed by atoms with Crippen molar-refractivity contribution in [1.82, 2.24) is 0 Å². The van der Waals surface area contributed by atoms with Gasteiger partial charge in [0.05, 0.1) is 12.5 Å². The molecule has 0 fully saturated rings. The fourth-order valence-corrected chi connectivity index (χ4v) is 1.78. The van der Waals surface area contributed by atoms with Gasteiger partial charge in [-0.05, 0) is 19.3 Å². The Morgan fingerprint density at radius 3 is 2.71 bits per heavy atom. The molecule has 0 saturated carbocycles. The van der Waals surface area contributed by atoms with Crippen LogP contribution in [0.15, 0.2) is 11.4 Å². The van der Waals surface area contributed by atoms with E-state index in [1.165, 1.54) is 0 Å². The summed E-state index contributed by atoms with van der Waals surface area (Å²) in [6.45, 7) is 4.20. The van der Waals surface area contributed by atoms with Crippen molar-refractivity contribution in [2.45, 2.75) is 26.7 Å². The largest absolute Gasteiger partial charge is 0.466 e. The molecular weight excluding hydrogens is 180 g/mol. The lowest BCUT2D eigenvalue weighted by Gasteiger charge is -2.26. The predicted molar refractivity (Wildman–Crippen MR) is 53.9 cm³/mol. The molecule has 2 atom stereocenters. The molecular formula is C10H18N2O2. The van der Waals surface area contributed by atoms with E-state index in [0.717, 1.165) is 12.1 Å². The summed E-state index contributed by atoms with van der Waals surface area (Å²) in [5.74, 6) is -0.0924. The van der Waals surface area contributed by atoms with Crippen LogP contribution < -0.4 is 11.5 Å². The van der Waals surface area contributed by atoms with E-state index in [1.807, 2.05) is 6.92 Å². The second kappa shape index (κ2) is 4.35. The topological polar surface area (TPSA) is 78.3 Å². The maximum absolute atomic E-state index is 11.5. The van der Waals surface area contributed by atoms with Crippen molar-refractivity contribution < 1.29 is 9.53 Å². The summed E-state index contributed by atoms with van der Waals surface area (Å²) in [4.78, 5) is 11.5. The first-order chi connectivity index (χ1) is 6.56. The third-order valence-electron chi connectivity index (χ3n) is 2.63. The number of allylic oxidation sites excluding steroid dienone is 2. The van der Waals surface area contributed by atoms with E-state index in [0.29, 0.717) is 18.7 Å². The number of hydrogen-bond acceptors (Lipinski definition) is 4. The average molecular weight is 198 g/mol. The lowest BCUT2D eigenvalue weighted by Crippen LogP contribution is -2.30. The van der Waals surface area contributed by atoms with Crippen molar-refractivity contribution in [2.75, 3.05) is 6.61 Å². The number of rotatable bonds is 2. The molecule has 2 unspecified atom stereocenters. The summed E-state index contributed by atoms with van der Waals surface area (Å²) in [7, 11) is 0. The molecule has 0 aliphatic heterocycles. The Hall–Kier alpha value is -1.19. The Labute approximate surface area is 84.3 Å². The molecule has 1 rings (SSSR count). The van der Waals surface area contributed by atoms with Gasteiger partial charge < -0.3 is 16.2 Å². The van der Waals surface area contributed by atoms with Crippen molar-refractivity contribution in [2.24, 2.45) is 23.3 Å². The van der Waals surface area contributed by atoms with E-state index in [1.54, 1.807) is 6.92 Å². The van der Waals surface area contributed by atoms with Crippen molar-refractivity contribution in [3.05, 3.63) is 11.4 Å². The van der Waals surface area contributed by atoms with E-state index < -0.39 is 0 Å². The molecule has 0 aromatic rings. The Morgan fingerprint density at radius 2 is 2.21 bits per heavy atom. The molecule has 0 amide bonds. The van der Waals surface area contributed by atoms with E-state index in [2.05, 4.69) is 0 Å². The van der Waals surface area contributed by atoms with Gasteiger partial charge in [-0.25, -0.2) is 0 Å². The second-order valence-corrected chi connectivity index (χ2v) is 3.77. The maximum atomic E-state index is 11.5. The van der Waals surface area contributed by atoms with Crippen LogP contribution in [0.3, 0.4) is 0 Å². The highest BCUT2D eigenvalue weighted by molar-refractivity contribution is 5.73. The van der Waals surface area contributed by atoms with Crippen LogP contribution in [0.2, 0.25) is 0 Å². The van der Waals surface area contributed by atoms with Crippen LogP contribution in [0.5, 0.6) is 0 Å². The molecule has 0 aromatic heterocycles. The van der Waals surface area contributed by atoms with E-state index >= 15 is 0 Å². The highest BCUT2D eigenvalue weighted by Gasteiger charge is 2.29. The minimum Gasteiger partial charge on any atom is -0.466 e. The first-order valence-electron chi connectivity index (χ1n) is 4.96. The van der Waals surface area contributed by atoms with Crippen molar-refractivity contribution in [1.29, 1.82) is 0 Å². The van der Waals surface area contributed by atoms with E-state index in [9.17, 15) is 4.79 Å². The quantitative estimate of drug-likeness (QED) is 0.641. The van der Waals surface area contributed by atoms with Gasteiger partial charge in [0.1, 0.15) is 0 Å². The van der Waals surface area contributed by atoms with Gasteiger partial charge in [0, 0.05) is 17.8 Å². The van der Waals surface area contributed by atoms with Crippen LogP contribution in [-0.2, 0) is 9.53 Å². The monoisotopic (exact) mass is 198 g/mol. The van der Waals surface area contributed by atoms with Crippen molar-refractivity contribution in [3.8, 4) is 0 Å². The van der Waals surface area contributed by atoms with Gasteiger partial charge in [-0.15, -0.1) is 0 Å². The van der Waals surface area contributed by atoms with Gasteiger partial charge in [0.25, 0.3) is 0 Å². The Balaban J connectivity index is 2.66. The normalized spacial score (nSPS) is 27.6. The van der Waals surface area contributed by atoms with Gasteiger partial charge in [-0.1, -0.05) is 6.92 Å². The first-order valence-corrected chi connectivity index (χ1v) is 4.96. The van der Waals surface area contributed by atoms with Crippen LogP contribution in [0.25, 0.3) is 0 Å². The summed E-state index contributed by atoms with van der Waals surface area (Å²) in [5.41, 5.74) is 12.9. The number of carbonyl (C=O) groups excluding carboxylic acids is 1. The number of ether oxygens (including phenoxy) is 1. The minimum absolute atomic E-state index is 0.114.